The van der Waals surface area contributed by atoms with Crippen molar-refractivity contribution >= 4 is 38.7 Å². The van der Waals surface area contributed by atoms with E-state index >= 15 is 0 Å². The van der Waals surface area contributed by atoms with Gasteiger partial charge in [-0.3, -0.25) is 4.79 Å². The summed E-state index contributed by atoms with van der Waals surface area (Å²) in [5.41, 5.74) is 3.35. The summed E-state index contributed by atoms with van der Waals surface area (Å²) in [6, 6.07) is 10.7. The Hall–Kier alpha value is -2.31. The van der Waals surface area contributed by atoms with E-state index in [0.717, 1.165) is 29.7 Å². The molecule has 0 unspecified atom stereocenters. The van der Waals surface area contributed by atoms with Gasteiger partial charge in [-0.25, -0.2) is 8.42 Å². The van der Waals surface area contributed by atoms with Crippen LogP contribution in [0.25, 0.3) is 0 Å². The number of amides is 1. The Bertz CT molecular complexity index is 1130. The fourth-order valence-electron chi connectivity index (χ4n) is 4.12. The van der Waals surface area contributed by atoms with E-state index in [1.54, 1.807) is 21.9 Å². The van der Waals surface area contributed by atoms with Gasteiger partial charge in [0.15, 0.2) is 4.91 Å². The minimum atomic E-state index is -3.95. The van der Waals surface area contributed by atoms with E-state index in [0.29, 0.717) is 29.7 Å². The third kappa shape index (κ3) is 3.74. The lowest BCUT2D eigenvalue weighted by Gasteiger charge is -2.34. The molecule has 1 amide bonds. The maximum Gasteiger partial charge on any atom is 0.267 e. The highest BCUT2D eigenvalue weighted by Crippen LogP contribution is 2.42. The molecule has 2 heterocycles. The molecule has 0 N–H and O–H groups in total. The highest BCUT2D eigenvalue weighted by Gasteiger charge is 2.38. The van der Waals surface area contributed by atoms with Crippen LogP contribution >= 0.6 is 11.6 Å². The van der Waals surface area contributed by atoms with Gasteiger partial charge in [0.1, 0.15) is 0 Å². The van der Waals surface area contributed by atoms with Gasteiger partial charge < -0.3 is 9.80 Å². The van der Waals surface area contributed by atoms with Crippen LogP contribution in [0, 0.1) is 19.8 Å². The summed E-state index contributed by atoms with van der Waals surface area (Å²) in [7, 11) is -3.95. The van der Waals surface area contributed by atoms with Crippen molar-refractivity contribution in [1.29, 1.82) is 0 Å². The summed E-state index contributed by atoms with van der Waals surface area (Å²) in [5.74, 6) is 0.109. The van der Waals surface area contributed by atoms with Crippen LogP contribution in [0.4, 0.5) is 11.4 Å². The molecule has 30 heavy (non-hydrogen) atoms. The highest BCUT2D eigenvalue weighted by atomic mass is 35.5. The van der Waals surface area contributed by atoms with E-state index < -0.39 is 15.7 Å². The second-order valence-corrected chi connectivity index (χ2v) is 10.6. The maximum atomic E-state index is 13.4. The topological polar surface area (TPSA) is 57.7 Å². The smallest absolute Gasteiger partial charge is 0.267 e. The molecule has 0 radical (unpaired) electrons. The first-order chi connectivity index (χ1) is 14.2. The van der Waals surface area contributed by atoms with Crippen molar-refractivity contribution in [1.82, 2.24) is 4.90 Å². The van der Waals surface area contributed by atoms with Gasteiger partial charge in [-0.15, -0.1) is 0 Å². The maximum absolute atomic E-state index is 13.4. The largest absolute Gasteiger partial charge is 0.338 e. The summed E-state index contributed by atoms with van der Waals surface area (Å²) in [6.45, 7) is 7.27. The summed E-state index contributed by atoms with van der Waals surface area (Å²) in [4.78, 5) is 16.6. The van der Waals surface area contributed by atoms with Crippen molar-refractivity contribution in [3.63, 3.8) is 0 Å². The first-order valence-corrected chi connectivity index (χ1v) is 12.0. The number of benzene rings is 2. The fourth-order valence-corrected chi connectivity index (χ4v) is 5.81. The van der Waals surface area contributed by atoms with Gasteiger partial charge in [0.2, 0.25) is 9.84 Å². The third-order valence-electron chi connectivity index (χ3n) is 5.77. The van der Waals surface area contributed by atoms with Crippen LogP contribution in [-0.2, 0) is 14.6 Å². The lowest BCUT2D eigenvalue weighted by atomic mass is 9.99. The number of piperidine rings is 1. The first kappa shape index (κ1) is 20.9. The SMILES string of the molecule is Cc1cc(C)cc(N2C=C(C(=O)N3CCC(C)CC3)S(=O)(=O)c3ccc(Cl)cc32)c1. The molecule has 0 bridgehead atoms. The zero-order chi connectivity index (χ0) is 21.6. The van der Waals surface area contributed by atoms with Crippen molar-refractivity contribution in [3.05, 3.63) is 63.7 Å². The third-order valence-corrected chi connectivity index (χ3v) is 7.79. The van der Waals surface area contributed by atoms with Crippen LogP contribution in [0.5, 0.6) is 0 Å². The summed E-state index contributed by atoms with van der Waals surface area (Å²) >= 11 is 6.20. The fraction of sp³-hybridized carbons (Fsp3) is 0.348. The van der Waals surface area contributed by atoms with E-state index in [1.807, 2.05) is 32.0 Å². The molecular formula is C23H25ClN2O3S. The highest BCUT2D eigenvalue weighted by molar-refractivity contribution is 7.96. The van der Waals surface area contributed by atoms with Crippen LogP contribution in [0.3, 0.4) is 0 Å². The quantitative estimate of drug-likeness (QED) is 0.655. The zero-order valence-electron chi connectivity index (χ0n) is 17.4. The molecule has 2 aromatic rings. The van der Waals surface area contributed by atoms with Crippen LogP contribution in [0.2, 0.25) is 5.02 Å². The number of sulfone groups is 1. The molecule has 1 saturated heterocycles. The number of carbonyl (C=O) groups excluding carboxylic acids is 1. The minimum Gasteiger partial charge on any atom is -0.338 e. The number of carbonyl (C=O) groups is 1. The molecule has 0 spiro atoms. The number of hydrogen-bond donors (Lipinski definition) is 0. The molecule has 0 aliphatic carbocycles. The molecule has 2 aliphatic heterocycles. The second-order valence-electron chi connectivity index (χ2n) is 8.30. The summed E-state index contributed by atoms with van der Waals surface area (Å²) < 4.78 is 26.8. The second kappa shape index (κ2) is 7.75. The van der Waals surface area contributed by atoms with Gasteiger partial charge in [-0.1, -0.05) is 24.6 Å². The molecule has 2 aromatic carbocycles. The number of nitrogens with zero attached hydrogens (tertiary/aromatic N) is 2. The van der Waals surface area contributed by atoms with Gasteiger partial charge in [0.25, 0.3) is 5.91 Å². The van der Waals surface area contributed by atoms with Gasteiger partial charge in [0.05, 0.1) is 10.6 Å². The summed E-state index contributed by atoms with van der Waals surface area (Å²) in [5, 5.41) is 0.437. The Labute approximate surface area is 182 Å². The number of fused-ring (bicyclic) bond motifs is 1. The predicted molar refractivity (Wildman–Crippen MR) is 120 cm³/mol. The van der Waals surface area contributed by atoms with E-state index in [1.165, 1.54) is 12.3 Å². The molecule has 7 heteroatoms. The van der Waals surface area contributed by atoms with E-state index in [4.69, 9.17) is 11.6 Å². The van der Waals surface area contributed by atoms with Crippen molar-refractivity contribution < 1.29 is 13.2 Å². The standard InChI is InChI=1S/C23H25ClN2O3S/c1-15-6-8-25(9-7-15)23(27)22-14-26(19-11-16(2)10-17(3)12-19)20-13-18(24)4-5-21(20)30(22,28)29/h4-5,10-15H,6-9H2,1-3H3. The molecule has 0 atom stereocenters. The zero-order valence-corrected chi connectivity index (χ0v) is 18.9. The number of halogens is 1. The number of aryl methyl sites for hydroxylation is 2. The minimum absolute atomic E-state index is 0.0993. The number of anilines is 2. The molecule has 158 valence electrons. The number of hydrogen-bond acceptors (Lipinski definition) is 4. The average Bonchev–Trinajstić information content (AvgIpc) is 2.67. The molecule has 2 aliphatic rings. The van der Waals surface area contributed by atoms with Gasteiger partial charge in [-0.2, -0.15) is 0 Å². The van der Waals surface area contributed by atoms with Gasteiger partial charge in [-0.05, 0) is 74.1 Å². The Morgan fingerprint density at radius 2 is 1.67 bits per heavy atom. The predicted octanol–water partition coefficient (Wildman–Crippen LogP) is 4.98. The van der Waals surface area contributed by atoms with Gasteiger partial charge >= 0.3 is 0 Å². The lowest BCUT2D eigenvalue weighted by Crippen LogP contribution is -2.41. The van der Waals surface area contributed by atoms with E-state index in [9.17, 15) is 13.2 Å². The van der Waals surface area contributed by atoms with Crippen LogP contribution in [0.1, 0.15) is 30.9 Å². The van der Waals surface area contributed by atoms with E-state index in [-0.39, 0.29) is 9.80 Å². The lowest BCUT2D eigenvalue weighted by molar-refractivity contribution is -0.127. The van der Waals surface area contributed by atoms with Crippen molar-refractivity contribution in [3.8, 4) is 0 Å². The van der Waals surface area contributed by atoms with Crippen LogP contribution in [0.15, 0.2) is 52.4 Å². The Morgan fingerprint density at radius 3 is 2.30 bits per heavy atom. The number of likely N-dealkylation sites (tertiary alicyclic amines) is 1. The average molecular weight is 445 g/mol. The Morgan fingerprint density at radius 1 is 1.03 bits per heavy atom. The molecule has 0 aromatic heterocycles. The molecular weight excluding hydrogens is 420 g/mol. The monoisotopic (exact) mass is 444 g/mol. The van der Waals surface area contributed by atoms with Crippen LogP contribution < -0.4 is 4.90 Å². The van der Waals surface area contributed by atoms with Crippen molar-refractivity contribution in [2.75, 3.05) is 18.0 Å². The van der Waals surface area contributed by atoms with Crippen molar-refractivity contribution in [2.45, 2.75) is 38.5 Å². The number of rotatable bonds is 2. The molecule has 1 fully saturated rings. The Kier molecular flexibility index (Phi) is 5.41. The van der Waals surface area contributed by atoms with E-state index in [2.05, 4.69) is 6.92 Å². The van der Waals surface area contributed by atoms with Gasteiger partial charge in [0, 0.05) is 30.0 Å². The normalized spacial score (nSPS) is 18.7. The molecule has 4 rings (SSSR count). The summed E-state index contributed by atoms with van der Waals surface area (Å²) in [6.07, 6.45) is 3.22. The first-order valence-electron chi connectivity index (χ1n) is 10.1. The Balaban J connectivity index is 1.86. The van der Waals surface area contributed by atoms with Crippen LogP contribution in [-0.4, -0.2) is 32.3 Å². The molecule has 0 saturated carbocycles. The van der Waals surface area contributed by atoms with Crippen molar-refractivity contribution in [2.24, 2.45) is 5.92 Å². The molecule has 5 nitrogen and oxygen atoms in total.